The van der Waals surface area contributed by atoms with E-state index in [1.807, 2.05) is 4.90 Å². The highest BCUT2D eigenvalue weighted by Gasteiger charge is 2.38. The zero-order valence-electron chi connectivity index (χ0n) is 13.3. The average molecular weight is 305 g/mol. The first-order chi connectivity index (χ1) is 10.7. The zero-order valence-corrected chi connectivity index (χ0v) is 13.3. The number of nitrogens with one attached hydrogen (secondary N) is 1. The van der Waals surface area contributed by atoms with Crippen LogP contribution in [0.4, 0.5) is 0 Å². The van der Waals surface area contributed by atoms with Crippen molar-refractivity contribution in [3.8, 4) is 0 Å². The molecule has 4 fully saturated rings. The minimum atomic E-state index is 0.109. The molecule has 2 saturated carbocycles. The molecule has 2 aliphatic carbocycles. The summed E-state index contributed by atoms with van der Waals surface area (Å²) in [4.78, 5) is 29.0. The normalized spacial score (nSPS) is 30.5. The second-order valence-electron chi connectivity index (χ2n) is 7.59. The van der Waals surface area contributed by atoms with E-state index in [-0.39, 0.29) is 11.8 Å². The van der Waals surface area contributed by atoms with E-state index in [1.165, 1.54) is 12.8 Å². The number of carbonyl (C=O) groups is 2. The van der Waals surface area contributed by atoms with Gasteiger partial charge in [0.2, 0.25) is 11.8 Å². The molecule has 5 nitrogen and oxygen atoms in total. The maximum Gasteiger partial charge on any atom is 0.225 e. The van der Waals surface area contributed by atoms with Crippen molar-refractivity contribution < 1.29 is 9.59 Å². The maximum atomic E-state index is 12.4. The van der Waals surface area contributed by atoms with Gasteiger partial charge in [-0.25, -0.2) is 0 Å². The summed E-state index contributed by atoms with van der Waals surface area (Å²) in [6, 6.07) is 1.15. The van der Waals surface area contributed by atoms with Gasteiger partial charge < -0.3 is 10.2 Å². The molecule has 2 aliphatic heterocycles. The Morgan fingerprint density at radius 2 is 1.55 bits per heavy atom. The molecule has 4 aliphatic rings. The third-order valence-electron chi connectivity index (χ3n) is 5.73. The second kappa shape index (κ2) is 5.84. The smallest absolute Gasteiger partial charge is 0.225 e. The van der Waals surface area contributed by atoms with Gasteiger partial charge in [-0.05, 0) is 44.9 Å². The van der Waals surface area contributed by atoms with Gasteiger partial charge in [-0.15, -0.1) is 0 Å². The van der Waals surface area contributed by atoms with E-state index >= 15 is 0 Å². The molecule has 0 unspecified atom stereocenters. The lowest BCUT2D eigenvalue weighted by molar-refractivity contribution is -0.136. The molecular weight excluding hydrogens is 278 g/mol. The van der Waals surface area contributed by atoms with Crippen LogP contribution in [-0.2, 0) is 9.59 Å². The molecule has 0 aromatic heterocycles. The standard InChI is InChI=1S/C17H27N3O2/c21-16(18-14-7-10-20(11-14)15-3-4-15)12-5-8-19(9-6-12)17(22)13-1-2-13/h12-15H,1-11H2,(H,18,21)/t14-/m1/s1. The molecule has 2 amide bonds. The predicted molar refractivity (Wildman–Crippen MR) is 83.2 cm³/mol. The van der Waals surface area contributed by atoms with Crippen LogP contribution in [0.15, 0.2) is 0 Å². The fourth-order valence-electron chi connectivity index (χ4n) is 3.95. The van der Waals surface area contributed by atoms with Crippen LogP contribution in [0.3, 0.4) is 0 Å². The maximum absolute atomic E-state index is 12.4. The lowest BCUT2D eigenvalue weighted by Gasteiger charge is -2.32. The van der Waals surface area contributed by atoms with Gasteiger partial charge in [0.05, 0.1) is 0 Å². The highest BCUT2D eigenvalue weighted by atomic mass is 16.2. The zero-order chi connectivity index (χ0) is 15.1. The van der Waals surface area contributed by atoms with Crippen LogP contribution >= 0.6 is 0 Å². The largest absolute Gasteiger partial charge is 0.352 e. The molecule has 0 spiro atoms. The Morgan fingerprint density at radius 3 is 2.18 bits per heavy atom. The molecule has 1 N–H and O–H groups in total. The van der Waals surface area contributed by atoms with Gasteiger partial charge in [0.15, 0.2) is 0 Å². The third kappa shape index (κ3) is 3.14. The van der Waals surface area contributed by atoms with Crippen molar-refractivity contribution in [3.63, 3.8) is 0 Å². The summed E-state index contributed by atoms with van der Waals surface area (Å²) in [6.45, 7) is 3.72. The lowest BCUT2D eigenvalue weighted by Crippen LogP contribution is -2.46. The molecule has 5 heteroatoms. The van der Waals surface area contributed by atoms with Gasteiger partial charge in [-0.3, -0.25) is 14.5 Å². The SMILES string of the molecule is O=C(N[C@@H]1CCN(C2CC2)C1)C1CCN(C(=O)C2CC2)CC1. The summed E-state index contributed by atoms with van der Waals surface area (Å²) in [6.07, 6.45) is 7.59. The van der Waals surface area contributed by atoms with Crippen LogP contribution in [-0.4, -0.2) is 59.9 Å². The highest BCUT2D eigenvalue weighted by Crippen LogP contribution is 2.33. The van der Waals surface area contributed by atoms with E-state index in [9.17, 15) is 9.59 Å². The molecule has 0 bridgehead atoms. The fourth-order valence-corrected chi connectivity index (χ4v) is 3.95. The van der Waals surface area contributed by atoms with E-state index in [0.29, 0.717) is 17.9 Å². The first-order valence-electron chi connectivity index (χ1n) is 9.04. The van der Waals surface area contributed by atoms with Crippen molar-refractivity contribution in [2.45, 2.75) is 57.0 Å². The Balaban J connectivity index is 1.21. The molecule has 122 valence electrons. The highest BCUT2D eigenvalue weighted by molar-refractivity contribution is 5.82. The molecule has 2 heterocycles. The van der Waals surface area contributed by atoms with Crippen LogP contribution in [0, 0.1) is 11.8 Å². The Bertz CT molecular complexity index is 451. The summed E-state index contributed by atoms with van der Waals surface area (Å²) >= 11 is 0. The van der Waals surface area contributed by atoms with Crippen molar-refractivity contribution >= 4 is 11.8 Å². The van der Waals surface area contributed by atoms with Gasteiger partial charge >= 0.3 is 0 Å². The van der Waals surface area contributed by atoms with E-state index in [1.54, 1.807) is 0 Å². The third-order valence-corrected chi connectivity index (χ3v) is 5.73. The molecule has 1 atom stereocenters. The van der Waals surface area contributed by atoms with Crippen LogP contribution in [0.2, 0.25) is 0 Å². The van der Waals surface area contributed by atoms with Gasteiger partial charge in [-0.2, -0.15) is 0 Å². The number of carbonyl (C=O) groups excluding carboxylic acids is 2. The van der Waals surface area contributed by atoms with Crippen molar-refractivity contribution in [1.82, 2.24) is 15.1 Å². The van der Waals surface area contributed by atoms with Crippen LogP contribution in [0.25, 0.3) is 0 Å². The molecule has 22 heavy (non-hydrogen) atoms. The van der Waals surface area contributed by atoms with Crippen LogP contribution < -0.4 is 5.32 Å². The van der Waals surface area contributed by atoms with E-state index in [4.69, 9.17) is 0 Å². The lowest BCUT2D eigenvalue weighted by atomic mass is 9.95. The van der Waals surface area contributed by atoms with Crippen LogP contribution in [0.1, 0.15) is 44.9 Å². The summed E-state index contributed by atoms with van der Waals surface area (Å²) in [5.41, 5.74) is 0. The summed E-state index contributed by atoms with van der Waals surface area (Å²) < 4.78 is 0. The average Bonchev–Trinajstić information content (AvgIpc) is 3.45. The van der Waals surface area contributed by atoms with Gasteiger partial charge in [0.1, 0.15) is 0 Å². The fraction of sp³-hybridized carbons (Fsp3) is 0.882. The van der Waals surface area contributed by atoms with E-state index in [0.717, 1.165) is 64.3 Å². The van der Waals surface area contributed by atoms with Gasteiger partial charge in [-0.1, -0.05) is 0 Å². The van der Waals surface area contributed by atoms with Crippen molar-refractivity contribution in [2.75, 3.05) is 26.2 Å². The molecule has 2 saturated heterocycles. The number of amides is 2. The van der Waals surface area contributed by atoms with Crippen LogP contribution in [0.5, 0.6) is 0 Å². The summed E-state index contributed by atoms with van der Waals surface area (Å²) in [5.74, 6) is 0.964. The number of hydrogen-bond donors (Lipinski definition) is 1. The monoisotopic (exact) mass is 305 g/mol. The van der Waals surface area contributed by atoms with Crippen molar-refractivity contribution in [3.05, 3.63) is 0 Å². The van der Waals surface area contributed by atoms with E-state index < -0.39 is 0 Å². The Morgan fingerprint density at radius 1 is 0.818 bits per heavy atom. The first-order valence-corrected chi connectivity index (χ1v) is 9.04. The number of likely N-dealkylation sites (tertiary alicyclic amines) is 2. The van der Waals surface area contributed by atoms with Crippen molar-refractivity contribution in [2.24, 2.45) is 11.8 Å². The topological polar surface area (TPSA) is 52.7 Å². The molecule has 0 aromatic carbocycles. The molecular formula is C17H27N3O2. The Hall–Kier alpha value is -1.10. The first kappa shape index (κ1) is 14.5. The molecule has 0 aromatic rings. The minimum absolute atomic E-state index is 0.109. The van der Waals surface area contributed by atoms with Crippen molar-refractivity contribution in [1.29, 1.82) is 0 Å². The number of nitrogens with zero attached hydrogens (tertiary/aromatic N) is 2. The number of hydrogen-bond acceptors (Lipinski definition) is 3. The molecule has 4 rings (SSSR count). The van der Waals surface area contributed by atoms with E-state index in [2.05, 4.69) is 10.2 Å². The predicted octanol–water partition coefficient (Wildman–Crippen LogP) is 0.988. The summed E-state index contributed by atoms with van der Waals surface area (Å²) in [5, 5.41) is 3.26. The number of piperidine rings is 1. The second-order valence-corrected chi connectivity index (χ2v) is 7.59. The minimum Gasteiger partial charge on any atom is -0.352 e. The molecule has 0 radical (unpaired) electrons. The van der Waals surface area contributed by atoms with Gasteiger partial charge in [0.25, 0.3) is 0 Å². The quantitative estimate of drug-likeness (QED) is 0.843. The Kier molecular flexibility index (Phi) is 3.84. The number of rotatable bonds is 4. The van der Waals surface area contributed by atoms with Gasteiger partial charge in [0, 0.05) is 50.1 Å². The Labute approximate surface area is 132 Å². The summed E-state index contributed by atoms with van der Waals surface area (Å²) in [7, 11) is 0.